The third-order valence-corrected chi connectivity index (χ3v) is 4.24. The van der Waals surface area contributed by atoms with E-state index in [-0.39, 0.29) is 23.7 Å². The van der Waals surface area contributed by atoms with Crippen molar-refractivity contribution in [1.82, 2.24) is 25.2 Å². The van der Waals surface area contributed by atoms with Crippen LogP contribution in [0.2, 0.25) is 0 Å². The molecule has 0 radical (unpaired) electrons. The Hall–Kier alpha value is -2.57. The van der Waals surface area contributed by atoms with Crippen molar-refractivity contribution in [2.24, 2.45) is 13.0 Å². The number of thiocarbonyl (C=S) groups is 1. The Morgan fingerprint density at radius 2 is 1.86 bits per heavy atom. The lowest BCUT2D eigenvalue weighted by Crippen LogP contribution is -2.26. The molecule has 0 aliphatic heterocycles. The van der Waals surface area contributed by atoms with Crippen LogP contribution in [-0.4, -0.2) is 43.1 Å². The molecule has 0 fully saturated rings. The SMILES string of the molecule is COC(=O)c1c(C(F)F)nc(C(F)(F)F)c(C(=S)c2nnnn2C)c1CC(C)C. The molecule has 2 heterocycles. The summed E-state index contributed by atoms with van der Waals surface area (Å²) in [5.41, 5.74) is -4.72. The average molecular weight is 437 g/mol. The summed E-state index contributed by atoms with van der Waals surface area (Å²) in [6, 6.07) is 0. The standard InChI is InChI=1S/C16H16F5N5O2S/c1-6(2)5-7-8(15(27)28-4)10(13(17)18)22-12(16(19,20)21)9(7)11(29)14-23-24-25-26(14)3/h6,13H,5H2,1-4H3. The molecule has 0 aliphatic rings. The van der Waals surface area contributed by atoms with Gasteiger partial charge < -0.3 is 4.74 Å². The van der Waals surface area contributed by atoms with Crippen LogP contribution >= 0.6 is 12.2 Å². The molecule has 0 unspecified atom stereocenters. The predicted molar refractivity (Wildman–Crippen MR) is 93.7 cm³/mol. The second kappa shape index (κ2) is 8.43. The van der Waals surface area contributed by atoms with Crippen molar-refractivity contribution in [3.05, 3.63) is 33.9 Å². The molecule has 0 spiro atoms. The fourth-order valence-corrected chi connectivity index (χ4v) is 3.13. The van der Waals surface area contributed by atoms with Gasteiger partial charge in [-0.05, 0) is 28.3 Å². The number of aryl methyl sites for hydroxylation is 1. The first-order valence-electron chi connectivity index (χ1n) is 8.17. The summed E-state index contributed by atoms with van der Waals surface area (Å²) in [6.45, 7) is 3.29. The molecule has 0 aliphatic carbocycles. The second-order valence-electron chi connectivity index (χ2n) is 6.42. The number of hydrogen-bond acceptors (Lipinski definition) is 7. The van der Waals surface area contributed by atoms with Crippen molar-refractivity contribution in [1.29, 1.82) is 0 Å². The molecular weight excluding hydrogens is 421 g/mol. The third kappa shape index (κ3) is 4.54. The molecule has 0 N–H and O–H groups in total. The molecule has 0 bridgehead atoms. The maximum atomic E-state index is 13.8. The van der Waals surface area contributed by atoms with Crippen LogP contribution in [-0.2, 0) is 24.4 Å². The van der Waals surface area contributed by atoms with E-state index in [1.54, 1.807) is 13.8 Å². The molecule has 29 heavy (non-hydrogen) atoms. The number of nitrogens with zero attached hydrogens (tertiary/aromatic N) is 5. The quantitative estimate of drug-likeness (QED) is 0.297. The van der Waals surface area contributed by atoms with Crippen LogP contribution in [0.15, 0.2) is 0 Å². The number of alkyl halides is 5. The topological polar surface area (TPSA) is 82.8 Å². The van der Waals surface area contributed by atoms with E-state index in [1.807, 2.05) is 0 Å². The lowest BCUT2D eigenvalue weighted by Gasteiger charge is -2.22. The normalized spacial score (nSPS) is 12.0. The largest absolute Gasteiger partial charge is 0.465 e. The number of halogens is 5. The number of hydrogen-bond donors (Lipinski definition) is 0. The van der Waals surface area contributed by atoms with Crippen LogP contribution in [0.3, 0.4) is 0 Å². The number of ether oxygens (including phenoxy) is 1. The molecule has 13 heteroatoms. The van der Waals surface area contributed by atoms with E-state index in [9.17, 15) is 26.7 Å². The van der Waals surface area contributed by atoms with Crippen LogP contribution in [0.5, 0.6) is 0 Å². The zero-order valence-electron chi connectivity index (χ0n) is 15.7. The number of rotatable bonds is 6. The van der Waals surface area contributed by atoms with Gasteiger partial charge in [-0.25, -0.2) is 23.2 Å². The first-order chi connectivity index (χ1) is 13.4. The fraction of sp³-hybridized carbons (Fsp3) is 0.500. The fourth-order valence-electron chi connectivity index (χ4n) is 2.74. The monoisotopic (exact) mass is 437 g/mol. The van der Waals surface area contributed by atoms with E-state index in [0.717, 1.165) is 11.8 Å². The highest BCUT2D eigenvalue weighted by molar-refractivity contribution is 7.81. The number of tetrazole rings is 1. The molecule has 0 atom stereocenters. The van der Waals surface area contributed by atoms with Crippen molar-refractivity contribution in [2.45, 2.75) is 32.9 Å². The smallest absolute Gasteiger partial charge is 0.434 e. The third-order valence-electron chi connectivity index (χ3n) is 3.86. The van der Waals surface area contributed by atoms with Crippen LogP contribution < -0.4 is 0 Å². The van der Waals surface area contributed by atoms with Crippen LogP contribution in [0.4, 0.5) is 22.0 Å². The van der Waals surface area contributed by atoms with E-state index in [1.165, 1.54) is 7.05 Å². The van der Waals surface area contributed by atoms with Gasteiger partial charge in [0.25, 0.3) is 6.43 Å². The Labute approximate surface area is 167 Å². The molecule has 2 rings (SSSR count). The summed E-state index contributed by atoms with van der Waals surface area (Å²) in [4.78, 5) is 14.9. The lowest BCUT2D eigenvalue weighted by molar-refractivity contribution is -0.141. The van der Waals surface area contributed by atoms with Gasteiger partial charge in [0, 0.05) is 12.6 Å². The number of aromatic nitrogens is 5. The van der Waals surface area contributed by atoms with Gasteiger partial charge in [0.2, 0.25) is 0 Å². The van der Waals surface area contributed by atoms with Crippen LogP contribution in [0, 0.1) is 5.92 Å². The second-order valence-corrected chi connectivity index (χ2v) is 6.83. The number of carbonyl (C=O) groups is 1. The van der Waals surface area contributed by atoms with Gasteiger partial charge >= 0.3 is 12.1 Å². The number of pyridine rings is 1. The summed E-state index contributed by atoms with van der Waals surface area (Å²) in [6.07, 6.45) is -8.75. The minimum absolute atomic E-state index is 0.170. The van der Waals surface area contributed by atoms with Gasteiger partial charge in [0.1, 0.15) is 5.69 Å². The van der Waals surface area contributed by atoms with Crippen molar-refractivity contribution in [3.63, 3.8) is 0 Å². The minimum Gasteiger partial charge on any atom is -0.465 e. The first-order valence-corrected chi connectivity index (χ1v) is 8.58. The molecular formula is C16H16F5N5O2S. The van der Waals surface area contributed by atoms with Gasteiger partial charge in [0.15, 0.2) is 11.5 Å². The predicted octanol–water partition coefficient (Wildman–Crippen LogP) is 3.31. The highest BCUT2D eigenvalue weighted by Gasteiger charge is 2.42. The Kier molecular flexibility index (Phi) is 6.60. The van der Waals surface area contributed by atoms with Crippen LogP contribution in [0.25, 0.3) is 0 Å². The van der Waals surface area contributed by atoms with Gasteiger partial charge in [-0.3, -0.25) is 0 Å². The Morgan fingerprint density at radius 3 is 2.28 bits per heavy atom. The highest BCUT2D eigenvalue weighted by Crippen LogP contribution is 2.38. The number of methoxy groups -OCH3 is 1. The summed E-state index contributed by atoms with van der Waals surface area (Å²) >= 11 is 5.17. The zero-order valence-corrected chi connectivity index (χ0v) is 16.5. The molecule has 2 aromatic rings. The first kappa shape index (κ1) is 22.7. The summed E-state index contributed by atoms with van der Waals surface area (Å²) in [7, 11) is 2.28. The average Bonchev–Trinajstić information content (AvgIpc) is 3.04. The maximum absolute atomic E-state index is 13.8. The van der Waals surface area contributed by atoms with E-state index in [4.69, 9.17) is 12.2 Å². The number of carbonyl (C=O) groups excluding carboxylic acids is 1. The highest BCUT2D eigenvalue weighted by atomic mass is 32.1. The van der Waals surface area contributed by atoms with Gasteiger partial charge in [-0.1, -0.05) is 26.1 Å². The summed E-state index contributed by atoms with van der Waals surface area (Å²) in [5, 5.41) is 10.4. The van der Waals surface area contributed by atoms with Crippen molar-refractivity contribution < 1.29 is 31.5 Å². The maximum Gasteiger partial charge on any atom is 0.434 e. The Morgan fingerprint density at radius 1 is 1.24 bits per heavy atom. The van der Waals surface area contributed by atoms with Crippen molar-refractivity contribution >= 4 is 23.1 Å². The molecule has 0 amide bonds. The van der Waals surface area contributed by atoms with Crippen molar-refractivity contribution in [3.8, 4) is 0 Å². The molecule has 2 aromatic heterocycles. The van der Waals surface area contributed by atoms with Crippen molar-refractivity contribution in [2.75, 3.05) is 7.11 Å². The Bertz CT molecular complexity index is 943. The molecule has 0 aromatic carbocycles. The van der Waals surface area contributed by atoms with E-state index in [2.05, 4.69) is 25.2 Å². The number of esters is 1. The molecule has 158 valence electrons. The van der Waals surface area contributed by atoms with Gasteiger partial charge in [-0.2, -0.15) is 13.2 Å². The molecule has 0 saturated carbocycles. The summed E-state index contributed by atoms with van der Waals surface area (Å²) < 4.78 is 74.1. The zero-order chi connectivity index (χ0) is 22.1. The van der Waals surface area contributed by atoms with Gasteiger partial charge in [0.05, 0.1) is 17.5 Å². The molecule has 7 nitrogen and oxygen atoms in total. The van der Waals surface area contributed by atoms with E-state index in [0.29, 0.717) is 0 Å². The summed E-state index contributed by atoms with van der Waals surface area (Å²) in [5.74, 6) is -1.76. The lowest BCUT2D eigenvalue weighted by atomic mass is 9.89. The molecule has 0 saturated heterocycles. The van der Waals surface area contributed by atoms with E-state index >= 15 is 0 Å². The van der Waals surface area contributed by atoms with Gasteiger partial charge in [-0.15, -0.1) is 5.10 Å². The van der Waals surface area contributed by atoms with Crippen LogP contribution in [0.1, 0.15) is 59.0 Å². The Balaban J connectivity index is 3.02. The van der Waals surface area contributed by atoms with E-state index < -0.39 is 46.0 Å². The minimum atomic E-state index is -5.13.